The summed E-state index contributed by atoms with van der Waals surface area (Å²) in [4.78, 5) is 15.6. The van der Waals surface area contributed by atoms with E-state index >= 15 is 0 Å². The van der Waals surface area contributed by atoms with E-state index in [0.717, 1.165) is 37.7 Å². The summed E-state index contributed by atoms with van der Waals surface area (Å²) in [5.74, 6) is 1.28. The monoisotopic (exact) mass is 323 g/mol. The van der Waals surface area contributed by atoms with E-state index < -0.39 is 0 Å². The molecule has 0 unspecified atom stereocenters. The zero-order chi connectivity index (χ0) is 16.4. The molecule has 0 aliphatic carbocycles. The maximum Gasteiger partial charge on any atom is 0.248 e. The summed E-state index contributed by atoms with van der Waals surface area (Å²) in [7, 11) is 3.48. The zero-order valence-electron chi connectivity index (χ0n) is 14.1. The number of likely N-dealkylation sites (N-methyl/N-ethyl adjacent to an activating group) is 1. The standard InChI is InChI=1S/C16H25N3O4/c1-12-4-14(17-23-12)6-19-5-13-7-21-10-16(13,9-19)11-22-8-15(20)18(2)3/h4,13H,5-11H2,1-3H3/t13-,16+/m1/s1. The predicted octanol–water partition coefficient (Wildman–Crippen LogP) is 0.536. The Morgan fingerprint density at radius 1 is 1.57 bits per heavy atom. The van der Waals surface area contributed by atoms with Gasteiger partial charge in [0.2, 0.25) is 5.91 Å². The molecule has 2 saturated heterocycles. The molecule has 3 rings (SSSR count). The Balaban J connectivity index is 1.56. The van der Waals surface area contributed by atoms with E-state index in [1.54, 1.807) is 19.0 Å². The van der Waals surface area contributed by atoms with Crippen molar-refractivity contribution in [1.82, 2.24) is 15.0 Å². The summed E-state index contributed by atoms with van der Waals surface area (Å²) in [6.45, 7) is 6.71. The lowest BCUT2D eigenvalue weighted by atomic mass is 9.82. The number of carbonyl (C=O) groups excluding carboxylic acids is 1. The van der Waals surface area contributed by atoms with E-state index in [4.69, 9.17) is 14.0 Å². The van der Waals surface area contributed by atoms with Crippen LogP contribution in [0.4, 0.5) is 0 Å². The second-order valence-corrected chi connectivity index (χ2v) is 6.95. The quantitative estimate of drug-likeness (QED) is 0.761. The summed E-state index contributed by atoms with van der Waals surface area (Å²) >= 11 is 0. The highest BCUT2D eigenvalue weighted by molar-refractivity contribution is 5.76. The normalized spacial score (nSPS) is 27.3. The second-order valence-electron chi connectivity index (χ2n) is 6.95. The molecule has 23 heavy (non-hydrogen) atoms. The third-order valence-electron chi connectivity index (χ3n) is 4.77. The number of likely N-dealkylation sites (tertiary alicyclic amines) is 1. The van der Waals surface area contributed by atoms with E-state index in [2.05, 4.69) is 10.1 Å². The van der Waals surface area contributed by atoms with Crippen molar-refractivity contribution >= 4 is 5.91 Å². The van der Waals surface area contributed by atoms with Crippen molar-refractivity contribution in [3.8, 4) is 0 Å². The molecule has 1 amide bonds. The Hall–Kier alpha value is -1.44. The molecule has 1 aromatic rings. The third-order valence-corrected chi connectivity index (χ3v) is 4.77. The van der Waals surface area contributed by atoms with Gasteiger partial charge in [0, 0.05) is 51.1 Å². The molecule has 7 nitrogen and oxygen atoms in total. The van der Waals surface area contributed by atoms with Crippen LogP contribution in [0.25, 0.3) is 0 Å². The van der Waals surface area contributed by atoms with E-state index in [9.17, 15) is 4.79 Å². The van der Waals surface area contributed by atoms with Gasteiger partial charge in [0.05, 0.1) is 25.5 Å². The lowest BCUT2D eigenvalue weighted by Gasteiger charge is -2.27. The number of hydrogen-bond acceptors (Lipinski definition) is 6. The van der Waals surface area contributed by atoms with Crippen molar-refractivity contribution in [2.24, 2.45) is 11.3 Å². The number of aryl methyl sites for hydroxylation is 1. The number of rotatable bonds is 6. The molecule has 0 aromatic carbocycles. The van der Waals surface area contributed by atoms with E-state index in [0.29, 0.717) is 19.1 Å². The van der Waals surface area contributed by atoms with Crippen LogP contribution in [-0.2, 0) is 20.8 Å². The lowest BCUT2D eigenvalue weighted by molar-refractivity contribution is -0.135. The minimum absolute atomic E-state index is 0.00856. The molecule has 128 valence electrons. The van der Waals surface area contributed by atoms with Gasteiger partial charge in [0.1, 0.15) is 12.4 Å². The molecule has 1 aromatic heterocycles. The largest absolute Gasteiger partial charge is 0.380 e. The van der Waals surface area contributed by atoms with Crippen molar-refractivity contribution < 1.29 is 18.8 Å². The van der Waals surface area contributed by atoms with E-state index in [1.807, 2.05) is 13.0 Å². The van der Waals surface area contributed by atoms with Crippen molar-refractivity contribution in [3.05, 3.63) is 17.5 Å². The maximum atomic E-state index is 11.7. The van der Waals surface area contributed by atoms with Gasteiger partial charge in [-0.1, -0.05) is 5.16 Å². The Morgan fingerprint density at radius 3 is 3.09 bits per heavy atom. The Bertz CT molecular complexity index is 559. The van der Waals surface area contributed by atoms with Gasteiger partial charge < -0.3 is 18.9 Å². The molecule has 0 saturated carbocycles. The van der Waals surface area contributed by atoms with Crippen LogP contribution in [0.5, 0.6) is 0 Å². The van der Waals surface area contributed by atoms with Crippen LogP contribution in [0.15, 0.2) is 10.6 Å². The Labute approximate surface area is 136 Å². The Morgan fingerprint density at radius 2 is 2.39 bits per heavy atom. The fourth-order valence-corrected chi connectivity index (χ4v) is 3.46. The Kier molecular flexibility index (Phi) is 4.70. The minimum Gasteiger partial charge on any atom is -0.380 e. The maximum absolute atomic E-state index is 11.7. The van der Waals surface area contributed by atoms with Gasteiger partial charge in [-0.3, -0.25) is 9.69 Å². The first-order valence-electron chi connectivity index (χ1n) is 7.99. The van der Waals surface area contributed by atoms with Gasteiger partial charge >= 0.3 is 0 Å². The summed E-state index contributed by atoms with van der Waals surface area (Å²) in [6.07, 6.45) is 0. The first-order chi connectivity index (χ1) is 11.0. The number of fused-ring (bicyclic) bond motifs is 1. The van der Waals surface area contributed by atoms with Gasteiger partial charge in [-0.2, -0.15) is 0 Å². The van der Waals surface area contributed by atoms with Crippen LogP contribution >= 0.6 is 0 Å². The molecular formula is C16H25N3O4. The fourth-order valence-electron chi connectivity index (χ4n) is 3.46. The molecule has 0 radical (unpaired) electrons. The molecule has 2 aliphatic heterocycles. The van der Waals surface area contributed by atoms with Gasteiger partial charge in [-0.15, -0.1) is 0 Å². The van der Waals surface area contributed by atoms with Crippen molar-refractivity contribution in [2.75, 3.05) is 53.6 Å². The number of ether oxygens (including phenoxy) is 2. The first-order valence-corrected chi connectivity index (χ1v) is 7.99. The molecule has 3 heterocycles. The average molecular weight is 323 g/mol. The molecule has 2 aliphatic rings. The first kappa shape index (κ1) is 16.4. The van der Waals surface area contributed by atoms with Crippen LogP contribution in [-0.4, -0.2) is 74.5 Å². The van der Waals surface area contributed by atoms with E-state index in [1.165, 1.54) is 0 Å². The molecule has 0 bridgehead atoms. The highest BCUT2D eigenvalue weighted by atomic mass is 16.5. The fraction of sp³-hybridized carbons (Fsp3) is 0.750. The lowest BCUT2D eigenvalue weighted by Crippen LogP contribution is -2.37. The van der Waals surface area contributed by atoms with Crippen molar-refractivity contribution in [2.45, 2.75) is 13.5 Å². The molecule has 0 spiro atoms. The zero-order valence-corrected chi connectivity index (χ0v) is 14.1. The highest BCUT2D eigenvalue weighted by Crippen LogP contribution is 2.41. The van der Waals surface area contributed by atoms with E-state index in [-0.39, 0.29) is 17.9 Å². The topological polar surface area (TPSA) is 68.0 Å². The smallest absolute Gasteiger partial charge is 0.248 e. The van der Waals surface area contributed by atoms with Crippen LogP contribution < -0.4 is 0 Å². The number of amides is 1. The summed E-state index contributed by atoms with van der Waals surface area (Å²) in [6, 6.07) is 1.98. The van der Waals surface area contributed by atoms with Gasteiger partial charge in [-0.05, 0) is 6.92 Å². The number of carbonyl (C=O) groups is 1. The minimum atomic E-state index is -0.00945. The van der Waals surface area contributed by atoms with Gasteiger partial charge in [0.25, 0.3) is 0 Å². The number of nitrogens with zero attached hydrogens (tertiary/aromatic N) is 3. The number of aromatic nitrogens is 1. The van der Waals surface area contributed by atoms with Crippen LogP contribution in [0.3, 0.4) is 0 Å². The molecule has 7 heteroatoms. The molecule has 0 N–H and O–H groups in total. The number of hydrogen-bond donors (Lipinski definition) is 0. The summed E-state index contributed by atoms with van der Waals surface area (Å²) in [5, 5.41) is 4.07. The van der Waals surface area contributed by atoms with Gasteiger partial charge in [0.15, 0.2) is 0 Å². The third kappa shape index (κ3) is 3.57. The predicted molar refractivity (Wildman–Crippen MR) is 82.8 cm³/mol. The molecule has 2 fully saturated rings. The summed E-state index contributed by atoms with van der Waals surface area (Å²) < 4.78 is 16.5. The van der Waals surface area contributed by atoms with Crippen LogP contribution in [0.1, 0.15) is 11.5 Å². The van der Waals surface area contributed by atoms with Crippen LogP contribution in [0.2, 0.25) is 0 Å². The highest BCUT2D eigenvalue weighted by Gasteiger charge is 2.50. The average Bonchev–Trinajstić information content (AvgIpc) is 3.13. The summed E-state index contributed by atoms with van der Waals surface area (Å²) in [5.41, 5.74) is 0.952. The van der Waals surface area contributed by atoms with Crippen LogP contribution in [0, 0.1) is 18.3 Å². The van der Waals surface area contributed by atoms with Gasteiger partial charge in [-0.25, -0.2) is 0 Å². The van der Waals surface area contributed by atoms with Crippen molar-refractivity contribution in [3.63, 3.8) is 0 Å². The molecule has 2 atom stereocenters. The van der Waals surface area contributed by atoms with Crippen molar-refractivity contribution in [1.29, 1.82) is 0 Å². The second kappa shape index (κ2) is 6.59. The SMILES string of the molecule is Cc1cc(CN2C[C@@H]3COC[C@]3(COCC(=O)N(C)C)C2)no1. The molecular weight excluding hydrogens is 298 g/mol.